The van der Waals surface area contributed by atoms with Crippen molar-refractivity contribution < 1.29 is 9.47 Å². The van der Waals surface area contributed by atoms with Crippen molar-refractivity contribution in [3.05, 3.63) is 0 Å². The van der Waals surface area contributed by atoms with Gasteiger partial charge in [0.05, 0.1) is 18.3 Å². The monoisotopic (exact) mass is 268 g/mol. The lowest BCUT2D eigenvalue weighted by atomic mass is 9.87. The predicted octanol–water partition coefficient (Wildman–Crippen LogP) is 1.53. The third-order valence-electron chi connectivity index (χ3n) is 5.21. The van der Waals surface area contributed by atoms with Crippen molar-refractivity contribution in [2.75, 3.05) is 26.3 Å². The molecule has 4 nitrogen and oxygen atoms in total. The lowest BCUT2D eigenvalue weighted by Crippen LogP contribution is -2.56. The highest BCUT2D eigenvalue weighted by atomic mass is 16.5. The van der Waals surface area contributed by atoms with Crippen LogP contribution in [0.4, 0.5) is 0 Å². The SMILES string of the molecule is CC(N)C1CN(C2CCOC3(CCCC3)C2)CCO1. The van der Waals surface area contributed by atoms with Gasteiger partial charge in [0.15, 0.2) is 0 Å². The molecule has 1 saturated carbocycles. The van der Waals surface area contributed by atoms with Gasteiger partial charge in [-0.25, -0.2) is 0 Å². The van der Waals surface area contributed by atoms with E-state index in [0.29, 0.717) is 6.04 Å². The Balaban J connectivity index is 1.61. The van der Waals surface area contributed by atoms with Gasteiger partial charge in [0.25, 0.3) is 0 Å². The van der Waals surface area contributed by atoms with Gasteiger partial charge in [-0.15, -0.1) is 0 Å². The van der Waals surface area contributed by atoms with Crippen molar-refractivity contribution in [2.45, 2.75) is 69.2 Å². The van der Waals surface area contributed by atoms with Gasteiger partial charge < -0.3 is 15.2 Å². The molecule has 3 unspecified atom stereocenters. The highest BCUT2D eigenvalue weighted by Crippen LogP contribution is 2.41. The van der Waals surface area contributed by atoms with Gasteiger partial charge in [-0.2, -0.15) is 0 Å². The fourth-order valence-corrected chi connectivity index (χ4v) is 4.03. The van der Waals surface area contributed by atoms with Crippen LogP contribution in [0.3, 0.4) is 0 Å². The lowest BCUT2D eigenvalue weighted by Gasteiger charge is -2.46. The molecule has 3 fully saturated rings. The second kappa shape index (κ2) is 5.68. The van der Waals surface area contributed by atoms with Crippen LogP contribution in [0.2, 0.25) is 0 Å². The molecule has 1 spiro atoms. The van der Waals surface area contributed by atoms with E-state index in [1.807, 2.05) is 0 Å². The molecular formula is C15H28N2O2. The molecule has 3 atom stereocenters. The van der Waals surface area contributed by atoms with Crippen molar-refractivity contribution in [3.63, 3.8) is 0 Å². The molecule has 0 aromatic carbocycles. The topological polar surface area (TPSA) is 47.7 Å². The number of hydrogen-bond acceptors (Lipinski definition) is 4. The van der Waals surface area contributed by atoms with Crippen molar-refractivity contribution in [3.8, 4) is 0 Å². The third kappa shape index (κ3) is 2.97. The predicted molar refractivity (Wildman–Crippen MR) is 75.1 cm³/mol. The fourth-order valence-electron chi connectivity index (χ4n) is 4.03. The first-order chi connectivity index (χ1) is 9.19. The Morgan fingerprint density at radius 3 is 2.79 bits per heavy atom. The number of nitrogens with zero attached hydrogens (tertiary/aromatic N) is 1. The molecular weight excluding hydrogens is 240 g/mol. The average molecular weight is 268 g/mol. The van der Waals surface area contributed by atoms with E-state index < -0.39 is 0 Å². The largest absolute Gasteiger partial charge is 0.375 e. The Hall–Kier alpha value is -0.160. The van der Waals surface area contributed by atoms with E-state index in [9.17, 15) is 0 Å². The molecule has 0 bridgehead atoms. The van der Waals surface area contributed by atoms with Crippen LogP contribution >= 0.6 is 0 Å². The zero-order valence-electron chi connectivity index (χ0n) is 12.1. The lowest BCUT2D eigenvalue weighted by molar-refractivity contribution is -0.122. The maximum Gasteiger partial charge on any atom is 0.0850 e. The summed E-state index contributed by atoms with van der Waals surface area (Å²) in [6.45, 7) is 5.88. The Morgan fingerprint density at radius 2 is 2.05 bits per heavy atom. The van der Waals surface area contributed by atoms with Gasteiger partial charge in [-0.05, 0) is 32.6 Å². The minimum Gasteiger partial charge on any atom is -0.375 e. The summed E-state index contributed by atoms with van der Waals surface area (Å²) in [5, 5.41) is 0. The van der Waals surface area contributed by atoms with Crippen molar-refractivity contribution in [1.29, 1.82) is 0 Å². The average Bonchev–Trinajstić information content (AvgIpc) is 2.87. The minimum atomic E-state index is 0.128. The number of rotatable bonds is 2. The zero-order valence-corrected chi connectivity index (χ0v) is 12.1. The second-order valence-corrected chi connectivity index (χ2v) is 6.65. The number of nitrogens with two attached hydrogens (primary N) is 1. The smallest absolute Gasteiger partial charge is 0.0850 e. The van der Waals surface area contributed by atoms with Crippen molar-refractivity contribution >= 4 is 0 Å². The Morgan fingerprint density at radius 1 is 1.26 bits per heavy atom. The van der Waals surface area contributed by atoms with E-state index in [0.717, 1.165) is 26.3 Å². The van der Waals surface area contributed by atoms with E-state index in [1.165, 1.54) is 38.5 Å². The van der Waals surface area contributed by atoms with E-state index in [2.05, 4.69) is 11.8 Å². The first-order valence-corrected chi connectivity index (χ1v) is 7.94. The fraction of sp³-hybridized carbons (Fsp3) is 1.00. The van der Waals surface area contributed by atoms with Crippen LogP contribution < -0.4 is 5.73 Å². The molecule has 2 heterocycles. The van der Waals surface area contributed by atoms with Gasteiger partial charge in [0.2, 0.25) is 0 Å². The molecule has 19 heavy (non-hydrogen) atoms. The standard InChI is InChI=1S/C15H28N2O2/c1-12(16)14-11-17(7-9-18-14)13-4-8-19-15(10-13)5-2-3-6-15/h12-14H,2-11,16H2,1H3. The molecule has 0 aromatic rings. The van der Waals surface area contributed by atoms with Gasteiger partial charge in [-0.1, -0.05) is 12.8 Å². The summed E-state index contributed by atoms with van der Waals surface area (Å²) in [5.41, 5.74) is 6.21. The van der Waals surface area contributed by atoms with Crippen LogP contribution in [-0.2, 0) is 9.47 Å². The van der Waals surface area contributed by atoms with Gasteiger partial charge >= 0.3 is 0 Å². The summed E-state index contributed by atoms with van der Waals surface area (Å²) in [7, 11) is 0. The minimum absolute atomic E-state index is 0.128. The van der Waals surface area contributed by atoms with E-state index >= 15 is 0 Å². The quantitative estimate of drug-likeness (QED) is 0.825. The maximum atomic E-state index is 6.14. The first-order valence-electron chi connectivity index (χ1n) is 7.94. The van der Waals surface area contributed by atoms with Crippen molar-refractivity contribution in [1.82, 2.24) is 4.90 Å². The molecule has 2 saturated heterocycles. The summed E-state index contributed by atoms with van der Waals surface area (Å²) in [6.07, 6.45) is 7.83. The van der Waals surface area contributed by atoms with E-state index in [1.54, 1.807) is 0 Å². The molecule has 3 rings (SSSR count). The number of hydrogen-bond donors (Lipinski definition) is 1. The molecule has 0 amide bonds. The summed E-state index contributed by atoms with van der Waals surface area (Å²) in [6, 6.07) is 0.806. The Bertz CT molecular complexity index is 303. The first kappa shape index (κ1) is 13.8. The molecule has 1 aliphatic carbocycles. The summed E-state index contributed by atoms with van der Waals surface area (Å²) < 4.78 is 11.9. The normalized spacial score (nSPS) is 37.6. The van der Waals surface area contributed by atoms with Gasteiger partial charge in [-0.3, -0.25) is 4.90 Å². The molecule has 2 N–H and O–H groups in total. The van der Waals surface area contributed by atoms with Gasteiger partial charge in [0.1, 0.15) is 0 Å². The van der Waals surface area contributed by atoms with Crippen LogP contribution in [0.1, 0.15) is 45.4 Å². The molecule has 4 heteroatoms. The van der Waals surface area contributed by atoms with E-state index in [-0.39, 0.29) is 17.7 Å². The third-order valence-corrected chi connectivity index (χ3v) is 5.21. The molecule has 3 aliphatic rings. The Kier molecular flexibility index (Phi) is 4.13. The van der Waals surface area contributed by atoms with Crippen LogP contribution in [0.15, 0.2) is 0 Å². The highest BCUT2D eigenvalue weighted by molar-refractivity contribution is 4.95. The highest BCUT2D eigenvalue weighted by Gasteiger charge is 2.42. The zero-order chi connectivity index (χ0) is 13.3. The maximum absolute atomic E-state index is 6.14. The van der Waals surface area contributed by atoms with Gasteiger partial charge in [0, 0.05) is 31.8 Å². The summed E-state index contributed by atoms with van der Waals surface area (Å²) >= 11 is 0. The molecule has 2 aliphatic heterocycles. The summed E-state index contributed by atoms with van der Waals surface area (Å²) in [4.78, 5) is 2.61. The van der Waals surface area contributed by atoms with Crippen LogP contribution in [0, 0.1) is 0 Å². The second-order valence-electron chi connectivity index (χ2n) is 6.65. The Labute approximate surface area is 116 Å². The van der Waals surface area contributed by atoms with Crippen LogP contribution in [0.25, 0.3) is 0 Å². The van der Waals surface area contributed by atoms with E-state index in [4.69, 9.17) is 15.2 Å². The number of morpholine rings is 1. The van der Waals surface area contributed by atoms with Crippen molar-refractivity contribution in [2.24, 2.45) is 5.73 Å². The molecule has 110 valence electrons. The summed E-state index contributed by atoms with van der Waals surface area (Å²) in [5.74, 6) is 0. The number of ether oxygens (including phenoxy) is 2. The molecule has 0 aromatic heterocycles. The molecule has 0 radical (unpaired) electrons. The van der Waals surface area contributed by atoms with Crippen LogP contribution in [-0.4, -0.2) is 55.0 Å². The van der Waals surface area contributed by atoms with Crippen LogP contribution in [0.5, 0.6) is 0 Å².